The van der Waals surface area contributed by atoms with Gasteiger partial charge >= 0.3 is 0 Å². The van der Waals surface area contributed by atoms with Crippen molar-refractivity contribution >= 4 is 35.8 Å². The number of rotatable bonds is 6. The van der Waals surface area contributed by atoms with Crippen LogP contribution in [0, 0.1) is 0 Å². The molecule has 0 aliphatic carbocycles. The molecule has 2 aromatic heterocycles. The average molecular weight is 438 g/mol. The first-order valence-corrected chi connectivity index (χ1v) is 10.7. The lowest BCUT2D eigenvalue weighted by molar-refractivity contribution is 0.242. The Bertz CT molecular complexity index is 1010. The Morgan fingerprint density at radius 2 is 1.68 bits per heavy atom. The van der Waals surface area contributed by atoms with E-state index in [4.69, 9.17) is 10.6 Å². The highest BCUT2D eigenvalue weighted by Gasteiger charge is 2.20. The maximum Gasteiger partial charge on any atom is 0.225 e. The molecule has 3 aromatic rings. The van der Waals surface area contributed by atoms with Crippen molar-refractivity contribution in [3.05, 3.63) is 55.0 Å². The summed E-state index contributed by atoms with van der Waals surface area (Å²) in [6.45, 7) is 7.31. The van der Waals surface area contributed by atoms with Gasteiger partial charge in [0.1, 0.15) is 11.6 Å². The summed E-state index contributed by atoms with van der Waals surface area (Å²) in [6, 6.07) is 11.4. The number of ether oxygens (including phenoxy) is 1. The lowest BCUT2D eigenvalue weighted by atomic mass is 10.2. The molecule has 3 heterocycles. The van der Waals surface area contributed by atoms with E-state index < -0.39 is 0 Å². The van der Waals surface area contributed by atoms with Gasteiger partial charge in [-0.3, -0.25) is 5.01 Å². The van der Waals surface area contributed by atoms with Gasteiger partial charge in [0.2, 0.25) is 5.95 Å². The third-order valence-corrected chi connectivity index (χ3v) is 5.40. The predicted molar refractivity (Wildman–Crippen MR) is 126 cm³/mol. The van der Waals surface area contributed by atoms with Gasteiger partial charge in [0.05, 0.1) is 17.5 Å². The molecular formula is C22H27N7OS. The van der Waals surface area contributed by atoms with E-state index in [9.17, 15) is 0 Å². The number of pyridine rings is 1. The van der Waals surface area contributed by atoms with Gasteiger partial charge in [-0.1, -0.05) is 0 Å². The summed E-state index contributed by atoms with van der Waals surface area (Å²) < 4.78 is 5.81. The second-order valence-electron chi connectivity index (χ2n) is 7.58. The third-order valence-electron chi connectivity index (χ3n) is 5.02. The fraction of sp³-hybridized carbons (Fsp3) is 0.318. The molecule has 1 saturated heterocycles. The van der Waals surface area contributed by atoms with E-state index >= 15 is 0 Å². The van der Waals surface area contributed by atoms with E-state index in [0.29, 0.717) is 0 Å². The molecule has 0 atom stereocenters. The second-order valence-corrected chi connectivity index (χ2v) is 8.06. The Hall–Kier alpha value is -3.04. The molecule has 1 aliphatic rings. The maximum absolute atomic E-state index is 6.47. The van der Waals surface area contributed by atoms with Crippen LogP contribution in [0.25, 0.3) is 0 Å². The van der Waals surface area contributed by atoms with Crippen molar-refractivity contribution in [1.82, 2.24) is 15.0 Å². The van der Waals surface area contributed by atoms with E-state index in [1.165, 1.54) is 0 Å². The highest BCUT2D eigenvalue weighted by molar-refractivity contribution is 7.80. The lowest BCUT2D eigenvalue weighted by Crippen LogP contribution is -2.47. The summed E-state index contributed by atoms with van der Waals surface area (Å²) in [5.41, 5.74) is 1.60. The van der Waals surface area contributed by atoms with Crippen molar-refractivity contribution in [2.75, 3.05) is 41.0 Å². The molecule has 8 nitrogen and oxygen atoms in total. The van der Waals surface area contributed by atoms with Crippen molar-refractivity contribution in [2.24, 2.45) is 5.84 Å². The van der Waals surface area contributed by atoms with Crippen LogP contribution >= 0.6 is 12.6 Å². The second kappa shape index (κ2) is 9.40. The Morgan fingerprint density at radius 3 is 2.39 bits per heavy atom. The molecule has 0 bridgehead atoms. The van der Waals surface area contributed by atoms with Crippen LogP contribution in [0.15, 0.2) is 59.9 Å². The lowest BCUT2D eigenvalue weighted by Gasteiger charge is -2.35. The van der Waals surface area contributed by atoms with Gasteiger partial charge in [-0.25, -0.2) is 20.8 Å². The zero-order valence-corrected chi connectivity index (χ0v) is 18.6. The van der Waals surface area contributed by atoms with Crippen LogP contribution < -0.4 is 25.4 Å². The first-order valence-electron chi connectivity index (χ1n) is 10.3. The molecule has 31 heavy (non-hydrogen) atoms. The largest absolute Gasteiger partial charge is 0.491 e. The van der Waals surface area contributed by atoms with Gasteiger partial charge in [-0.15, -0.1) is 12.6 Å². The van der Waals surface area contributed by atoms with Crippen LogP contribution in [0.2, 0.25) is 0 Å². The van der Waals surface area contributed by atoms with E-state index in [2.05, 4.69) is 37.4 Å². The van der Waals surface area contributed by atoms with Crippen molar-refractivity contribution in [3.63, 3.8) is 0 Å². The molecule has 4 rings (SSSR count). The standard InChI is InChI=1S/C22H27N7OS/c1-16(2)30-18-4-5-20(31)19(15-18)29(23)17-6-9-24-21(14-17)27-10-12-28(13-11-27)22-25-7-3-8-26-22/h3-9,14-16,31H,10-13,23H2,1-2H3. The molecule has 2 N–H and O–H groups in total. The Morgan fingerprint density at radius 1 is 0.968 bits per heavy atom. The smallest absolute Gasteiger partial charge is 0.225 e. The molecule has 0 amide bonds. The zero-order valence-electron chi connectivity index (χ0n) is 17.7. The molecule has 0 spiro atoms. The maximum atomic E-state index is 6.47. The first-order chi connectivity index (χ1) is 15.0. The van der Waals surface area contributed by atoms with Crippen LogP contribution in [-0.4, -0.2) is 47.2 Å². The Labute approximate surface area is 188 Å². The quantitative estimate of drug-likeness (QED) is 0.345. The number of nitrogens with two attached hydrogens (primary N) is 1. The first kappa shape index (κ1) is 21.2. The summed E-state index contributed by atoms with van der Waals surface area (Å²) in [6.07, 6.45) is 5.40. The molecule has 1 fully saturated rings. The van der Waals surface area contributed by atoms with Gasteiger partial charge in [0.25, 0.3) is 0 Å². The number of thiol groups is 1. The minimum Gasteiger partial charge on any atom is -0.491 e. The topological polar surface area (TPSA) is 83.6 Å². The van der Waals surface area contributed by atoms with Gasteiger partial charge in [0, 0.05) is 61.8 Å². The molecule has 0 radical (unpaired) electrons. The van der Waals surface area contributed by atoms with E-state index in [0.717, 1.165) is 60.0 Å². The van der Waals surface area contributed by atoms with E-state index in [1.54, 1.807) is 23.6 Å². The third kappa shape index (κ3) is 5.00. The number of benzene rings is 1. The molecule has 162 valence electrons. The summed E-state index contributed by atoms with van der Waals surface area (Å²) in [7, 11) is 0. The number of aromatic nitrogens is 3. The number of hydrogen-bond acceptors (Lipinski definition) is 9. The molecular weight excluding hydrogens is 410 g/mol. The fourth-order valence-electron chi connectivity index (χ4n) is 3.50. The van der Waals surface area contributed by atoms with Crippen LogP contribution in [-0.2, 0) is 0 Å². The van der Waals surface area contributed by atoms with Gasteiger partial charge in [-0.05, 0) is 38.1 Å². The van der Waals surface area contributed by atoms with Crippen LogP contribution in [0.5, 0.6) is 5.75 Å². The van der Waals surface area contributed by atoms with Crippen molar-refractivity contribution in [2.45, 2.75) is 24.8 Å². The van der Waals surface area contributed by atoms with Crippen LogP contribution in [0.1, 0.15) is 13.8 Å². The van der Waals surface area contributed by atoms with Gasteiger partial charge in [-0.2, -0.15) is 0 Å². The summed E-state index contributed by atoms with van der Waals surface area (Å²) in [5.74, 6) is 8.88. The number of hydrazine groups is 1. The highest BCUT2D eigenvalue weighted by atomic mass is 32.1. The highest BCUT2D eigenvalue weighted by Crippen LogP contribution is 2.33. The molecule has 1 aromatic carbocycles. The summed E-state index contributed by atoms with van der Waals surface area (Å²) >= 11 is 4.58. The number of hydrogen-bond donors (Lipinski definition) is 2. The van der Waals surface area contributed by atoms with Crippen LogP contribution in [0.4, 0.5) is 23.1 Å². The number of anilines is 4. The predicted octanol–water partition coefficient (Wildman–Crippen LogP) is 3.29. The average Bonchev–Trinajstić information content (AvgIpc) is 2.80. The van der Waals surface area contributed by atoms with Crippen molar-refractivity contribution in [1.29, 1.82) is 0 Å². The minimum absolute atomic E-state index is 0.0809. The van der Waals surface area contributed by atoms with Gasteiger partial charge < -0.3 is 14.5 Å². The van der Waals surface area contributed by atoms with E-state index in [-0.39, 0.29) is 6.10 Å². The summed E-state index contributed by atoms with van der Waals surface area (Å²) in [5, 5.41) is 1.62. The van der Waals surface area contributed by atoms with Crippen LogP contribution in [0.3, 0.4) is 0 Å². The van der Waals surface area contributed by atoms with E-state index in [1.807, 2.05) is 50.2 Å². The van der Waals surface area contributed by atoms with Crippen molar-refractivity contribution in [3.8, 4) is 5.75 Å². The molecule has 1 aliphatic heterocycles. The Balaban J connectivity index is 1.49. The van der Waals surface area contributed by atoms with Gasteiger partial charge in [0.15, 0.2) is 0 Å². The Kier molecular flexibility index (Phi) is 6.43. The molecule has 9 heteroatoms. The monoisotopic (exact) mass is 437 g/mol. The normalized spacial score (nSPS) is 14.1. The fourth-order valence-corrected chi connectivity index (χ4v) is 3.75. The molecule has 0 saturated carbocycles. The van der Waals surface area contributed by atoms with Crippen molar-refractivity contribution < 1.29 is 4.74 Å². The molecule has 0 unspecified atom stereocenters. The number of nitrogens with zero attached hydrogens (tertiary/aromatic N) is 6. The number of piperazine rings is 1. The SMILES string of the molecule is CC(C)Oc1ccc(S)c(N(N)c2ccnc(N3CCN(c4ncccn4)CC3)c2)c1. The summed E-state index contributed by atoms with van der Waals surface area (Å²) in [4.78, 5) is 18.5. The zero-order chi connectivity index (χ0) is 21.8. The minimum atomic E-state index is 0.0809.